The third-order valence-corrected chi connectivity index (χ3v) is 5.74. The molecule has 0 saturated heterocycles. The second kappa shape index (κ2) is 9.51. The van der Waals surface area contributed by atoms with Crippen molar-refractivity contribution in [2.75, 3.05) is 18.2 Å². The molecule has 0 spiro atoms. The zero-order valence-electron chi connectivity index (χ0n) is 17.1. The van der Waals surface area contributed by atoms with Gasteiger partial charge < -0.3 is 15.4 Å². The van der Waals surface area contributed by atoms with Crippen molar-refractivity contribution < 1.29 is 14.3 Å². The van der Waals surface area contributed by atoms with Gasteiger partial charge >= 0.3 is 0 Å². The highest BCUT2D eigenvalue weighted by Crippen LogP contribution is 2.36. The van der Waals surface area contributed by atoms with E-state index in [9.17, 15) is 14.9 Å². The molecule has 7 heteroatoms. The number of carbonyl (C=O) groups excluding carboxylic acids is 2. The van der Waals surface area contributed by atoms with E-state index in [0.29, 0.717) is 16.4 Å². The highest BCUT2D eigenvalue weighted by Gasteiger charge is 2.29. The summed E-state index contributed by atoms with van der Waals surface area (Å²) < 4.78 is 5.18. The number of carbonyl (C=O) groups is 2. The molecule has 0 aliphatic carbocycles. The molecule has 0 radical (unpaired) electrons. The Morgan fingerprint density at radius 3 is 2.50 bits per heavy atom. The number of nitriles is 1. The second-order valence-corrected chi connectivity index (χ2v) is 8.13. The molecule has 0 saturated carbocycles. The average molecular weight is 422 g/mol. The van der Waals surface area contributed by atoms with Gasteiger partial charge in [-0.1, -0.05) is 30.0 Å². The number of allylic oxidation sites excluding steroid dienone is 1. The van der Waals surface area contributed by atoms with Crippen LogP contribution in [0, 0.1) is 25.2 Å². The number of thioether (sulfide) groups is 1. The van der Waals surface area contributed by atoms with Crippen LogP contribution in [-0.2, 0) is 9.59 Å². The molecule has 0 bridgehead atoms. The minimum absolute atomic E-state index is 0.0864. The number of aryl methyl sites for hydroxylation is 2. The number of nitrogens with zero attached hydrogens (tertiary/aromatic N) is 1. The second-order valence-electron chi connectivity index (χ2n) is 7.15. The number of benzene rings is 2. The smallest absolute Gasteiger partial charge is 0.234 e. The first-order valence-corrected chi connectivity index (χ1v) is 10.5. The monoisotopic (exact) mass is 421 g/mol. The van der Waals surface area contributed by atoms with Crippen LogP contribution in [0.25, 0.3) is 0 Å². The predicted octanol–water partition coefficient (Wildman–Crippen LogP) is 4.02. The maximum atomic E-state index is 12.4. The van der Waals surface area contributed by atoms with Crippen LogP contribution in [0.4, 0.5) is 5.69 Å². The molecule has 154 valence electrons. The summed E-state index contributed by atoms with van der Waals surface area (Å²) >= 11 is 1.16. The van der Waals surface area contributed by atoms with Crippen molar-refractivity contribution in [2.24, 2.45) is 0 Å². The van der Waals surface area contributed by atoms with Gasteiger partial charge in [-0.2, -0.15) is 5.26 Å². The molecule has 1 aliphatic rings. The molecule has 0 unspecified atom stereocenters. The summed E-state index contributed by atoms with van der Waals surface area (Å²) in [6, 6.07) is 15.4. The van der Waals surface area contributed by atoms with E-state index in [4.69, 9.17) is 4.74 Å². The SMILES string of the molecule is COc1ccc([C@@H]2CC(=O)NC(SCC(=O)Nc3cc(C)cc(C)c3)=C2C#N)cc1. The van der Waals surface area contributed by atoms with Crippen LogP contribution in [0.3, 0.4) is 0 Å². The number of amides is 2. The van der Waals surface area contributed by atoms with Crippen LogP contribution >= 0.6 is 11.8 Å². The van der Waals surface area contributed by atoms with Crippen LogP contribution < -0.4 is 15.4 Å². The largest absolute Gasteiger partial charge is 0.497 e. The van der Waals surface area contributed by atoms with Gasteiger partial charge in [-0.15, -0.1) is 0 Å². The van der Waals surface area contributed by atoms with Gasteiger partial charge in [0.1, 0.15) is 5.75 Å². The molecule has 2 aromatic carbocycles. The number of hydrogen-bond acceptors (Lipinski definition) is 5. The van der Waals surface area contributed by atoms with Gasteiger partial charge in [-0.25, -0.2) is 0 Å². The van der Waals surface area contributed by atoms with E-state index in [1.165, 1.54) is 0 Å². The highest BCUT2D eigenvalue weighted by molar-refractivity contribution is 8.03. The van der Waals surface area contributed by atoms with E-state index in [2.05, 4.69) is 16.7 Å². The standard InChI is InChI=1S/C23H23N3O3S/c1-14-8-15(2)10-17(9-14)25-22(28)13-30-23-20(12-24)19(11-21(27)26-23)16-4-6-18(29-3)7-5-16/h4-10,19H,11,13H2,1-3H3,(H,25,28)(H,26,27)/t19-/m0/s1. The number of methoxy groups -OCH3 is 1. The van der Waals surface area contributed by atoms with Crippen LogP contribution in [-0.4, -0.2) is 24.7 Å². The fourth-order valence-electron chi connectivity index (χ4n) is 3.44. The predicted molar refractivity (Wildman–Crippen MR) is 118 cm³/mol. The summed E-state index contributed by atoms with van der Waals surface area (Å²) in [6.07, 6.45) is 0.189. The Morgan fingerprint density at radius 2 is 1.90 bits per heavy atom. The number of nitrogens with one attached hydrogen (secondary N) is 2. The molecule has 0 fully saturated rings. The molecule has 30 heavy (non-hydrogen) atoms. The van der Waals surface area contributed by atoms with Gasteiger partial charge in [0, 0.05) is 18.0 Å². The van der Waals surface area contributed by atoms with Gasteiger partial charge in [0.25, 0.3) is 0 Å². The minimum Gasteiger partial charge on any atom is -0.497 e. The van der Waals surface area contributed by atoms with Crippen molar-refractivity contribution in [1.29, 1.82) is 5.26 Å². The first-order chi connectivity index (χ1) is 14.4. The Morgan fingerprint density at radius 1 is 1.23 bits per heavy atom. The number of hydrogen-bond donors (Lipinski definition) is 2. The lowest BCUT2D eigenvalue weighted by atomic mass is 9.87. The summed E-state index contributed by atoms with van der Waals surface area (Å²) in [5.41, 5.74) is 4.18. The van der Waals surface area contributed by atoms with E-state index in [-0.39, 0.29) is 29.9 Å². The lowest BCUT2D eigenvalue weighted by molar-refractivity contribution is -0.121. The molecule has 2 N–H and O–H groups in total. The molecular weight excluding hydrogens is 398 g/mol. The van der Waals surface area contributed by atoms with E-state index in [1.54, 1.807) is 19.2 Å². The minimum atomic E-state index is -0.348. The lowest BCUT2D eigenvalue weighted by Gasteiger charge is -2.25. The summed E-state index contributed by atoms with van der Waals surface area (Å²) in [7, 11) is 1.58. The average Bonchev–Trinajstić information content (AvgIpc) is 2.71. The third kappa shape index (κ3) is 5.22. The Bertz CT molecular complexity index is 1020. The zero-order chi connectivity index (χ0) is 21.7. The number of rotatable bonds is 6. The summed E-state index contributed by atoms with van der Waals surface area (Å²) in [5.74, 6) is 0.0739. The fraction of sp³-hybridized carbons (Fsp3) is 0.261. The first-order valence-electron chi connectivity index (χ1n) is 9.48. The van der Waals surface area contributed by atoms with Crippen molar-refractivity contribution in [1.82, 2.24) is 5.32 Å². The van der Waals surface area contributed by atoms with E-state index < -0.39 is 0 Å². The van der Waals surface area contributed by atoms with Crippen LogP contribution in [0.15, 0.2) is 53.1 Å². The quantitative estimate of drug-likeness (QED) is 0.735. The Kier molecular flexibility index (Phi) is 6.80. The number of anilines is 1. The number of ether oxygens (including phenoxy) is 1. The maximum Gasteiger partial charge on any atom is 0.234 e. The molecule has 1 atom stereocenters. The summed E-state index contributed by atoms with van der Waals surface area (Å²) in [5, 5.41) is 15.8. The van der Waals surface area contributed by atoms with E-state index in [1.807, 2.05) is 44.2 Å². The Balaban J connectivity index is 1.75. The molecule has 2 aromatic rings. The maximum absolute atomic E-state index is 12.4. The molecule has 2 amide bonds. The first kappa shape index (κ1) is 21.5. The van der Waals surface area contributed by atoms with Gasteiger partial charge in [0.15, 0.2) is 0 Å². The van der Waals surface area contributed by atoms with Crippen molar-refractivity contribution in [2.45, 2.75) is 26.2 Å². The molecule has 0 aromatic heterocycles. The molecule has 1 heterocycles. The molecule has 6 nitrogen and oxygen atoms in total. The van der Waals surface area contributed by atoms with Gasteiger partial charge in [-0.05, 0) is 54.8 Å². The summed E-state index contributed by atoms with van der Waals surface area (Å²) in [4.78, 5) is 24.7. The highest BCUT2D eigenvalue weighted by atomic mass is 32.2. The van der Waals surface area contributed by atoms with Crippen LogP contribution in [0.5, 0.6) is 5.75 Å². The van der Waals surface area contributed by atoms with Crippen molar-refractivity contribution >= 4 is 29.3 Å². The van der Waals surface area contributed by atoms with E-state index >= 15 is 0 Å². The summed E-state index contributed by atoms with van der Waals surface area (Å²) in [6.45, 7) is 3.94. The zero-order valence-corrected chi connectivity index (χ0v) is 17.9. The molecule has 3 rings (SSSR count). The third-order valence-electron chi connectivity index (χ3n) is 4.73. The normalized spacial score (nSPS) is 15.9. The van der Waals surface area contributed by atoms with Gasteiger partial charge in [-0.3, -0.25) is 9.59 Å². The van der Waals surface area contributed by atoms with Gasteiger partial charge in [0.05, 0.1) is 29.5 Å². The Hall–Kier alpha value is -3.24. The van der Waals surface area contributed by atoms with Crippen LogP contribution in [0.2, 0.25) is 0 Å². The van der Waals surface area contributed by atoms with E-state index in [0.717, 1.165) is 34.1 Å². The fourth-order valence-corrected chi connectivity index (χ4v) is 4.31. The van der Waals surface area contributed by atoms with Crippen molar-refractivity contribution in [3.05, 3.63) is 69.8 Å². The van der Waals surface area contributed by atoms with Gasteiger partial charge in [0.2, 0.25) is 11.8 Å². The van der Waals surface area contributed by atoms with Crippen molar-refractivity contribution in [3.63, 3.8) is 0 Å². The molecular formula is C23H23N3O3S. The Labute approximate surface area is 180 Å². The lowest BCUT2D eigenvalue weighted by Crippen LogP contribution is -2.31. The topological polar surface area (TPSA) is 91.2 Å². The molecule has 1 aliphatic heterocycles. The van der Waals surface area contributed by atoms with Crippen LogP contribution in [0.1, 0.15) is 29.0 Å². The van der Waals surface area contributed by atoms with Crippen molar-refractivity contribution in [3.8, 4) is 11.8 Å².